The van der Waals surface area contributed by atoms with E-state index >= 15 is 0 Å². The van der Waals surface area contributed by atoms with Crippen LogP contribution in [0.1, 0.15) is 32.1 Å². The normalized spacial score (nSPS) is 21.7. The summed E-state index contributed by atoms with van der Waals surface area (Å²) in [5.74, 6) is 0. The lowest BCUT2D eigenvalue weighted by Gasteiger charge is -2.24. The monoisotopic (exact) mass is 360 g/mol. The minimum absolute atomic E-state index is 0.0428. The molecule has 11 heteroatoms. The van der Waals surface area contributed by atoms with Crippen LogP contribution >= 0.6 is 0 Å². The van der Waals surface area contributed by atoms with Crippen LogP contribution in [0.25, 0.3) is 0 Å². The number of nitrogens with two attached hydrogens (primary N) is 1. The quantitative estimate of drug-likeness (QED) is 0.220. The first kappa shape index (κ1) is 22.6. The molecule has 0 bridgehead atoms. The molecular formula is C12H28N2O8S. The van der Waals surface area contributed by atoms with E-state index in [4.69, 9.17) is 35.8 Å². The smallest absolute Gasteiger partial charge is 0.333 e. The van der Waals surface area contributed by atoms with Gasteiger partial charge in [-0.3, -0.25) is 4.55 Å². The molecule has 0 aromatic heterocycles. The summed E-state index contributed by atoms with van der Waals surface area (Å²) in [5.41, 5.74) is 4.99. The summed E-state index contributed by atoms with van der Waals surface area (Å²) < 4.78 is 31.3. The van der Waals surface area contributed by atoms with Crippen LogP contribution in [0.3, 0.4) is 0 Å². The van der Waals surface area contributed by atoms with Crippen LogP contribution in [0.15, 0.2) is 0 Å². The highest BCUT2D eigenvalue weighted by Gasteiger charge is 2.28. The summed E-state index contributed by atoms with van der Waals surface area (Å²) in [6, 6.07) is -0.0428. The second-order valence-corrected chi connectivity index (χ2v) is 6.65. The zero-order chi connectivity index (χ0) is 18.0. The average molecular weight is 360 g/mol. The van der Waals surface area contributed by atoms with Crippen LogP contribution in [-0.2, 0) is 10.3 Å². The summed E-state index contributed by atoms with van der Waals surface area (Å²) >= 11 is 0. The van der Waals surface area contributed by atoms with Crippen LogP contribution in [0.5, 0.6) is 0 Å². The van der Waals surface area contributed by atoms with Crippen LogP contribution in [0.2, 0.25) is 0 Å². The molecule has 1 fully saturated rings. The molecule has 1 aliphatic carbocycles. The van der Waals surface area contributed by atoms with Gasteiger partial charge in [-0.15, -0.1) is 0 Å². The highest BCUT2D eigenvalue weighted by molar-refractivity contribution is 7.83. The SMILES string of the molecule is NCC(O)C(O)C(O)C(O)CO.O=S(=O)(O)NC1CCCCC1. The Morgan fingerprint density at radius 3 is 1.87 bits per heavy atom. The number of hydrogen-bond acceptors (Lipinski definition) is 8. The molecular weight excluding hydrogens is 332 g/mol. The molecule has 0 spiro atoms. The Hall–Kier alpha value is -0.370. The predicted molar refractivity (Wildman–Crippen MR) is 81.7 cm³/mol. The number of hydrogen-bond donors (Lipinski definition) is 8. The largest absolute Gasteiger partial charge is 0.394 e. The molecule has 23 heavy (non-hydrogen) atoms. The number of rotatable bonds is 7. The fourth-order valence-electron chi connectivity index (χ4n) is 2.13. The van der Waals surface area contributed by atoms with Gasteiger partial charge in [0, 0.05) is 12.6 Å². The molecule has 4 unspecified atom stereocenters. The van der Waals surface area contributed by atoms with Crippen molar-refractivity contribution >= 4 is 10.3 Å². The molecule has 1 rings (SSSR count). The minimum atomic E-state index is -3.97. The molecule has 0 aliphatic heterocycles. The second kappa shape index (κ2) is 11.2. The van der Waals surface area contributed by atoms with Gasteiger partial charge in [0.2, 0.25) is 0 Å². The summed E-state index contributed by atoms with van der Waals surface area (Å²) in [6.45, 7) is -0.911. The van der Waals surface area contributed by atoms with Crippen LogP contribution < -0.4 is 10.5 Å². The molecule has 1 aliphatic rings. The van der Waals surface area contributed by atoms with Crippen molar-refractivity contribution in [2.75, 3.05) is 13.2 Å². The summed E-state index contributed by atoms with van der Waals surface area (Å²) in [5, 5.41) is 44.2. The summed E-state index contributed by atoms with van der Waals surface area (Å²) in [7, 11) is -3.97. The van der Waals surface area contributed by atoms with Gasteiger partial charge in [0.25, 0.3) is 0 Å². The van der Waals surface area contributed by atoms with E-state index < -0.39 is 41.3 Å². The van der Waals surface area contributed by atoms with Gasteiger partial charge in [-0.05, 0) is 12.8 Å². The highest BCUT2D eigenvalue weighted by atomic mass is 32.2. The molecule has 0 heterocycles. The lowest BCUT2D eigenvalue weighted by Crippen LogP contribution is -2.48. The Labute approximate surface area is 135 Å². The lowest BCUT2D eigenvalue weighted by molar-refractivity contribution is -0.112. The van der Waals surface area contributed by atoms with E-state index in [-0.39, 0.29) is 12.6 Å². The standard InChI is InChI=1S/C6H15NO5.C6H13NO3S/c7-1-3(9)5(11)6(12)4(10)2-8;8-11(9,10)7-6-4-2-1-3-5-6/h3-6,8-12H,1-2,7H2;6-7H,1-5H2,(H,8,9,10). The first-order valence-electron chi connectivity index (χ1n) is 7.40. The minimum Gasteiger partial charge on any atom is -0.394 e. The van der Waals surface area contributed by atoms with Gasteiger partial charge in [0.1, 0.15) is 18.3 Å². The van der Waals surface area contributed by atoms with E-state index in [1.54, 1.807) is 0 Å². The molecule has 0 aromatic rings. The lowest BCUT2D eigenvalue weighted by atomic mass is 9.96. The second-order valence-electron chi connectivity index (χ2n) is 5.46. The molecule has 1 saturated carbocycles. The summed E-state index contributed by atoms with van der Waals surface area (Å²) in [4.78, 5) is 0. The third-order valence-electron chi connectivity index (χ3n) is 3.49. The van der Waals surface area contributed by atoms with Crippen molar-refractivity contribution in [1.82, 2.24) is 4.72 Å². The van der Waals surface area contributed by atoms with Gasteiger partial charge < -0.3 is 31.3 Å². The molecule has 9 N–H and O–H groups in total. The molecule has 140 valence electrons. The van der Waals surface area contributed by atoms with E-state index in [0.717, 1.165) is 25.7 Å². The van der Waals surface area contributed by atoms with Crippen LogP contribution in [-0.4, -0.2) is 82.1 Å². The molecule has 10 nitrogen and oxygen atoms in total. The van der Waals surface area contributed by atoms with E-state index in [1.807, 2.05) is 0 Å². The van der Waals surface area contributed by atoms with Crippen molar-refractivity contribution in [3.63, 3.8) is 0 Å². The topological polar surface area (TPSA) is 194 Å². The third-order valence-corrected chi connectivity index (χ3v) is 4.12. The molecule has 4 atom stereocenters. The predicted octanol–water partition coefficient (Wildman–Crippen LogP) is -2.91. The molecule has 0 amide bonds. The zero-order valence-electron chi connectivity index (χ0n) is 12.8. The Morgan fingerprint density at radius 2 is 1.48 bits per heavy atom. The summed E-state index contributed by atoms with van der Waals surface area (Å²) in [6.07, 6.45) is -0.947. The first-order chi connectivity index (χ1) is 10.6. The number of aliphatic hydroxyl groups excluding tert-OH is 5. The Balaban J connectivity index is 0.000000422. The highest BCUT2D eigenvalue weighted by Crippen LogP contribution is 2.17. The average Bonchev–Trinajstić information content (AvgIpc) is 2.51. The Bertz CT molecular complexity index is 388. The molecule has 0 saturated heterocycles. The van der Waals surface area contributed by atoms with Gasteiger partial charge in [-0.25, -0.2) is 0 Å². The van der Waals surface area contributed by atoms with Gasteiger partial charge >= 0.3 is 10.3 Å². The van der Waals surface area contributed by atoms with Crippen molar-refractivity contribution in [1.29, 1.82) is 0 Å². The number of aliphatic hydroxyl groups is 5. The Morgan fingerprint density at radius 1 is 1.00 bits per heavy atom. The van der Waals surface area contributed by atoms with Crippen molar-refractivity contribution in [3.05, 3.63) is 0 Å². The third kappa shape index (κ3) is 10.2. The maximum atomic E-state index is 10.3. The fraction of sp³-hybridized carbons (Fsp3) is 1.00. The Kier molecular flexibility index (Phi) is 11.1. The van der Waals surface area contributed by atoms with Gasteiger partial charge in [0.15, 0.2) is 0 Å². The van der Waals surface area contributed by atoms with Gasteiger partial charge in [-0.2, -0.15) is 13.1 Å². The van der Waals surface area contributed by atoms with Gasteiger partial charge in [0.05, 0.1) is 12.7 Å². The van der Waals surface area contributed by atoms with Crippen molar-refractivity contribution in [3.8, 4) is 0 Å². The van der Waals surface area contributed by atoms with Crippen molar-refractivity contribution in [2.45, 2.75) is 62.6 Å². The van der Waals surface area contributed by atoms with E-state index in [0.29, 0.717) is 0 Å². The van der Waals surface area contributed by atoms with Crippen molar-refractivity contribution in [2.24, 2.45) is 5.73 Å². The molecule has 0 radical (unpaired) electrons. The van der Waals surface area contributed by atoms with E-state index in [1.165, 1.54) is 6.42 Å². The number of nitrogens with one attached hydrogen (secondary N) is 1. The van der Waals surface area contributed by atoms with Crippen LogP contribution in [0.4, 0.5) is 0 Å². The maximum Gasteiger partial charge on any atom is 0.333 e. The van der Waals surface area contributed by atoms with Crippen molar-refractivity contribution < 1.29 is 38.5 Å². The van der Waals surface area contributed by atoms with E-state index in [2.05, 4.69) is 4.72 Å². The first-order valence-corrected chi connectivity index (χ1v) is 8.84. The maximum absolute atomic E-state index is 10.3. The van der Waals surface area contributed by atoms with Gasteiger partial charge in [-0.1, -0.05) is 19.3 Å². The van der Waals surface area contributed by atoms with Crippen LogP contribution in [0, 0.1) is 0 Å². The molecule has 0 aromatic carbocycles. The zero-order valence-corrected chi connectivity index (χ0v) is 13.6. The fourth-order valence-corrected chi connectivity index (χ4v) is 2.79. The van der Waals surface area contributed by atoms with E-state index in [9.17, 15) is 8.42 Å².